The van der Waals surface area contributed by atoms with Gasteiger partial charge in [-0.05, 0) is 50.4 Å². The van der Waals surface area contributed by atoms with Crippen LogP contribution in [0, 0.1) is 11.3 Å². The van der Waals surface area contributed by atoms with Crippen molar-refractivity contribution < 1.29 is 4.57 Å². The maximum Gasteiger partial charge on any atom is 0.286 e. The molecule has 194 valence electrons. The monoisotopic (exact) mass is 594 g/mol. The first-order chi connectivity index (χ1) is 19.0. The highest BCUT2D eigenvalue weighted by Crippen LogP contribution is 2.56. The zero-order valence-corrected chi connectivity index (χ0v) is 23.9. The van der Waals surface area contributed by atoms with Crippen LogP contribution in [0.5, 0.6) is 0 Å². The minimum atomic E-state index is -3.34. The fourth-order valence-electron chi connectivity index (χ4n) is 5.45. The summed E-state index contributed by atoms with van der Waals surface area (Å²) in [5, 5.41) is 18.2. The summed E-state index contributed by atoms with van der Waals surface area (Å²) < 4.78 is 20.2. The normalized spacial score (nSPS) is 16.4. The second kappa shape index (κ2) is 11.1. The van der Waals surface area contributed by atoms with Crippen LogP contribution < -0.4 is 5.09 Å². The van der Waals surface area contributed by atoms with E-state index in [1.165, 1.54) is 0 Å². The van der Waals surface area contributed by atoms with Crippen molar-refractivity contribution in [2.75, 3.05) is 13.1 Å². The Kier molecular flexibility index (Phi) is 7.36. The molecule has 1 N–H and O–H groups in total. The zero-order valence-electron chi connectivity index (χ0n) is 21.4. The van der Waals surface area contributed by atoms with E-state index in [1.807, 2.05) is 57.9 Å². The minimum absolute atomic E-state index is 0.524. The number of nitrogens with zero attached hydrogens (tertiary/aromatic N) is 3. The van der Waals surface area contributed by atoms with E-state index in [2.05, 4.69) is 87.8 Å². The van der Waals surface area contributed by atoms with Crippen molar-refractivity contribution in [3.8, 4) is 6.07 Å². The number of benzene rings is 5. The molecule has 5 nitrogen and oxygen atoms in total. The SMILES string of the molecule is N#C[C@@H](NP1(=O)N(Cc2cccc3ccccc23)CCN1Cc1cccc2ccccc12)c1ccc(Br)cc1. The molecule has 0 radical (unpaired) electrons. The van der Waals surface area contributed by atoms with Gasteiger partial charge in [-0.2, -0.15) is 5.26 Å². The Morgan fingerprint density at radius 3 is 1.74 bits per heavy atom. The number of rotatable bonds is 7. The number of hydrogen-bond donors (Lipinski definition) is 1. The third-order valence-electron chi connectivity index (χ3n) is 7.48. The van der Waals surface area contributed by atoms with E-state index in [9.17, 15) is 5.26 Å². The molecule has 0 saturated carbocycles. The molecule has 1 atom stereocenters. The smallest absolute Gasteiger partial charge is 0.270 e. The molecule has 1 aliphatic heterocycles. The van der Waals surface area contributed by atoms with Crippen LogP contribution in [0.1, 0.15) is 22.7 Å². The molecule has 5 aromatic carbocycles. The Morgan fingerprint density at radius 1 is 0.744 bits per heavy atom. The van der Waals surface area contributed by atoms with Crippen LogP contribution in [0.15, 0.2) is 114 Å². The van der Waals surface area contributed by atoms with Gasteiger partial charge < -0.3 is 0 Å². The van der Waals surface area contributed by atoms with Crippen molar-refractivity contribution in [3.63, 3.8) is 0 Å². The Morgan fingerprint density at radius 2 is 1.23 bits per heavy atom. The molecule has 0 aliphatic carbocycles. The van der Waals surface area contributed by atoms with E-state index in [4.69, 9.17) is 0 Å². The fraction of sp³-hybridized carbons (Fsp3) is 0.156. The van der Waals surface area contributed by atoms with Crippen LogP contribution in [-0.2, 0) is 17.7 Å². The van der Waals surface area contributed by atoms with Gasteiger partial charge in [0.2, 0.25) is 0 Å². The van der Waals surface area contributed by atoms with Gasteiger partial charge in [0.25, 0.3) is 7.59 Å². The summed E-state index contributed by atoms with van der Waals surface area (Å²) in [5.74, 6) is 0. The first-order valence-electron chi connectivity index (χ1n) is 13.0. The fourth-order valence-corrected chi connectivity index (χ4v) is 8.35. The third kappa shape index (κ3) is 5.17. The summed E-state index contributed by atoms with van der Waals surface area (Å²) >= 11 is 3.47. The Hall–Kier alpha value is -3.30. The summed E-state index contributed by atoms with van der Waals surface area (Å²) in [4.78, 5) is 0. The van der Waals surface area contributed by atoms with E-state index in [0.29, 0.717) is 26.2 Å². The lowest BCUT2D eigenvalue weighted by atomic mass is 10.0. The maximum absolute atomic E-state index is 15.1. The number of halogens is 1. The van der Waals surface area contributed by atoms with E-state index in [1.54, 1.807) is 0 Å². The second-order valence-electron chi connectivity index (χ2n) is 9.84. The molecule has 5 aromatic rings. The van der Waals surface area contributed by atoms with Crippen LogP contribution >= 0.6 is 23.5 Å². The van der Waals surface area contributed by atoms with Crippen molar-refractivity contribution in [2.24, 2.45) is 0 Å². The molecular weight excluding hydrogens is 567 g/mol. The molecule has 0 bridgehead atoms. The number of fused-ring (bicyclic) bond motifs is 2. The van der Waals surface area contributed by atoms with Crippen LogP contribution in [0.4, 0.5) is 0 Å². The van der Waals surface area contributed by atoms with Crippen molar-refractivity contribution in [2.45, 2.75) is 19.1 Å². The van der Waals surface area contributed by atoms with Gasteiger partial charge in [0.15, 0.2) is 0 Å². The molecule has 39 heavy (non-hydrogen) atoms. The second-order valence-corrected chi connectivity index (χ2v) is 13.2. The van der Waals surface area contributed by atoms with Gasteiger partial charge >= 0.3 is 0 Å². The van der Waals surface area contributed by atoms with Crippen molar-refractivity contribution in [1.29, 1.82) is 5.26 Å². The summed E-state index contributed by atoms with van der Waals surface area (Å²) in [5.41, 5.74) is 3.04. The Labute approximate surface area is 237 Å². The summed E-state index contributed by atoms with van der Waals surface area (Å²) in [6.45, 7) is 2.32. The van der Waals surface area contributed by atoms with E-state index in [-0.39, 0.29) is 0 Å². The van der Waals surface area contributed by atoms with Gasteiger partial charge in [0.05, 0.1) is 6.07 Å². The first kappa shape index (κ1) is 26.0. The molecule has 0 spiro atoms. The molecular formula is C32H28BrN4OP. The van der Waals surface area contributed by atoms with Crippen molar-refractivity contribution >= 4 is 45.1 Å². The highest BCUT2D eigenvalue weighted by molar-refractivity contribution is 9.10. The lowest BCUT2D eigenvalue weighted by Gasteiger charge is -2.33. The summed E-state index contributed by atoms with van der Waals surface area (Å²) in [6, 6.07) is 38.4. The van der Waals surface area contributed by atoms with E-state index < -0.39 is 13.6 Å². The quantitative estimate of drug-likeness (QED) is 0.193. The third-order valence-corrected chi connectivity index (χ3v) is 10.8. The first-order valence-corrected chi connectivity index (χ1v) is 15.4. The average molecular weight is 595 g/mol. The molecule has 0 unspecified atom stereocenters. The largest absolute Gasteiger partial charge is 0.286 e. The number of nitrogens with one attached hydrogen (secondary N) is 1. The van der Waals surface area contributed by atoms with Gasteiger partial charge in [-0.25, -0.2) is 14.4 Å². The summed E-state index contributed by atoms with van der Waals surface area (Å²) in [7, 11) is -3.34. The minimum Gasteiger partial charge on any atom is -0.270 e. The molecule has 0 amide bonds. The predicted octanol–water partition coefficient (Wildman–Crippen LogP) is 8.04. The van der Waals surface area contributed by atoms with Gasteiger partial charge in [-0.3, -0.25) is 4.57 Å². The Balaban J connectivity index is 1.38. The van der Waals surface area contributed by atoms with Crippen molar-refractivity contribution in [1.82, 2.24) is 14.4 Å². The van der Waals surface area contributed by atoms with Gasteiger partial charge in [-0.15, -0.1) is 0 Å². The lowest BCUT2D eigenvalue weighted by Crippen LogP contribution is -2.31. The molecule has 6 rings (SSSR count). The van der Waals surface area contributed by atoms with E-state index >= 15 is 4.57 Å². The van der Waals surface area contributed by atoms with Crippen LogP contribution in [0.3, 0.4) is 0 Å². The maximum atomic E-state index is 15.1. The molecule has 1 fully saturated rings. The predicted molar refractivity (Wildman–Crippen MR) is 162 cm³/mol. The number of hydrogen-bond acceptors (Lipinski definition) is 2. The standard InChI is InChI=1S/C32H28BrN4OP/c33-29-17-15-26(16-18-29)32(21-34)35-39(38)36(22-27-11-5-9-24-7-1-3-13-30(24)27)19-20-37(39)23-28-12-6-10-25-8-2-4-14-31(25)28/h1-18,32H,19-20,22-23H2,(H,35,38)/t32-/m1/s1. The van der Waals surface area contributed by atoms with Crippen LogP contribution in [0.25, 0.3) is 21.5 Å². The molecule has 1 aliphatic rings. The zero-order chi connectivity index (χ0) is 26.8. The average Bonchev–Trinajstić information content (AvgIpc) is 3.26. The number of nitriles is 1. The van der Waals surface area contributed by atoms with Crippen molar-refractivity contribution in [3.05, 3.63) is 130 Å². The lowest BCUT2D eigenvalue weighted by molar-refractivity contribution is 0.416. The van der Waals surface area contributed by atoms with Crippen LogP contribution in [0.2, 0.25) is 0 Å². The van der Waals surface area contributed by atoms with E-state index in [0.717, 1.165) is 42.7 Å². The summed E-state index contributed by atoms with van der Waals surface area (Å²) in [6.07, 6.45) is 0. The highest BCUT2D eigenvalue weighted by Gasteiger charge is 2.44. The highest BCUT2D eigenvalue weighted by atomic mass is 79.9. The molecule has 7 heteroatoms. The Bertz CT molecular complexity index is 1630. The van der Waals surface area contributed by atoms with Crippen LogP contribution in [-0.4, -0.2) is 22.4 Å². The topological polar surface area (TPSA) is 59.4 Å². The van der Waals surface area contributed by atoms with Gasteiger partial charge in [0, 0.05) is 30.7 Å². The molecule has 1 heterocycles. The molecule has 0 aromatic heterocycles. The van der Waals surface area contributed by atoms with Gasteiger partial charge in [-0.1, -0.05) is 113 Å². The molecule has 1 saturated heterocycles. The van der Waals surface area contributed by atoms with Gasteiger partial charge in [0.1, 0.15) is 6.04 Å².